The van der Waals surface area contributed by atoms with Gasteiger partial charge < -0.3 is 27.6 Å². The SMILES string of the molecule is N#Cc1c(OCC[N+]23CC[N+](CCC[N+]45CCN(CC4)CC5)(CC2)CC3)ccc2sc(S(=O)(=O)NCP(=O)(O)Oc3ccccc3)c(F)c12. The summed E-state index contributed by atoms with van der Waals surface area (Å²) in [5.74, 6) is -0.793. The Morgan fingerprint density at radius 1 is 0.918 bits per heavy atom. The lowest BCUT2D eigenvalue weighted by Crippen LogP contribution is -2.75. The second-order valence-electron chi connectivity index (χ2n) is 14.2. The average molecular weight is 736 g/mol. The molecule has 0 radical (unpaired) electrons. The summed E-state index contributed by atoms with van der Waals surface area (Å²) in [5, 5.41) is 9.88. The van der Waals surface area contributed by atoms with Crippen LogP contribution in [-0.2, 0) is 14.6 Å². The van der Waals surface area contributed by atoms with Crippen molar-refractivity contribution in [3.8, 4) is 17.6 Å². The van der Waals surface area contributed by atoms with Crippen molar-refractivity contribution in [2.24, 2.45) is 0 Å². The van der Waals surface area contributed by atoms with Crippen molar-refractivity contribution >= 4 is 39.0 Å². The minimum Gasteiger partial charge on any atom is -0.486 e. The Morgan fingerprint density at radius 2 is 1.51 bits per heavy atom. The summed E-state index contributed by atoms with van der Waals surface area (Å²) in [7, 11) is -8.99. The van der Waals surface area contributed by atoms with Crippen LogP contribution in [0, 0.1) is 17.1 Å². The monoisotopic (exact) mass is 735 g/mol. The molecule has 6 fully saturated rings. The van der Waals surface area contributed by atoms with E-state index in [4.69, 9.17) is 9.26 Å². The van der Waals surface area contributed by atoms with Gasteiger partial charge in [-0.05, 0) is 24.3 Å². The number of sulfonamides is 1. The Bertz CT molecular complexity index is 1860. The standard InChI is InChI=1S/C33H44FN6O6PS2/c34-32-31-28(25-35)29(7-8-30(31)48-33(32)49(43,44)36-26-47(41,42)46-27-5-2-1-3-6-27)45-24-23-40-20-17-39(18-21-40,19-22-40)13-4-12-38-14-9-37(10-15-38)11-16-38/h1-3,5-8,36H,4,9-24,26H2/q+2/p+1. The van der Waals surface area contributed by atoms with Crippen LogP contribution >= 0.6 is 18.9 Å². The largest absolute Gasteiger partial charge is 0.486 e. The molecule has 9 rings (SSSR count). The molecule has 1 aromatic heterocycles. The number of fused-ring (bicyclic) bond motifs is 7. The number of nitriles is 1. The Kier molecular flexibility index (Phi) is 9.57. The van der Waals surface area contributed by atoms with Crippen LogP contribution < -0.4 is 14.0 Å². The number of piperazine rings is 6. The van der Waals surface area contributed by atoms with Gasteiger partial charge in [0.25, 0.3) is 10.0 Å². The number of nitrogens with one attached hydrogen (secondary N) is 1. The summed E-state index contributed by atoms with van der Waals surface area (Å²) < 4.78 is 70.6. The topological polar surface area (TPSA) is 129 Å². The Morgan fingerprint density at radius 3 is 2.12 bits per heavy atom. The molecule has 1 atom stereocenters. The van der Waals surface area contributed by atoms with Crippen molar-refractivity contribution in [3.63, 3.8) is 0 Å². The number of hydrogen-bond donors (Lipinski definition) is 2. The molecular weight excluding hydrogens is 691 g/mol. The molecule has 49 heavy (non-hydrogen) atoms. The summed E-state index contributed by atoms with van der Waals surface area (Å²) in [5.41, 5.74) is -0.0672. The van der Waals surface area contributed by atoms with E-state index < -0.39 is 33.9 Å². The van der Waals surface area contributed by atoms with Gasteiger partial charge in [-0.25, -0.2) is 17.4 Å². The zero-order valence-electron chi connectivity index (χ0n) is 27.6. The normalized spacial score (nSPS) is 29.0. The molecule has 4 bridgehead atoms. The number of halogens is 1. The highest BCUT2D eigenvalue weighted by molar-refractivity contribution is 7.92. The van der Waals surface area contributed by atoms with Crippen LogP contribution in [0.1, 0.15) is 12.0 Å². The second-order valence-corrected chi connectivity index (χ2v) is 19.0. The number of thiophene rings is 1. The number of quaternary nitrogens is 3. The first-order valence-corrected chi connectivity index (χ1v) is 21.1. The maximum Gasteiger partial charge on any atom is 0.391 e. The third kappa shape index (κ3) is 7.26. The number of benzene rings is 2. The predicted molar refractivity (Wildman–Crippen MR) is 184 cm³/mol. The summed E-state index contributed by atoms with van der Waals surface area (Å²) in [6.07, 6.45) is 0.335. The Balaban J connectivity index is 0.948. The smallest absolute Gasteiger partial charge is 0.391 e. The predicted octanol–water partition coefficient (Wildman–Crippen LogP) is 2.99. The van der Waals surface area contributed by atoms with Gasteiger partial charge in [-0.3, -0.25) is 4.90 Å². The van der Waals surface area contributed by atoms with Crippen LogP contribution in [0.2, 0.25) is 0 Å². The molecule has 0 amide bonds. The summed E-state index contributed by atoms with van der Waals surface area (Å²) in [6.45, 7) is 18.3. The van der Waals surface area contributed by atoms with Crippen LogP contribution in [0.5, 0.6) is 11.5 Å². The molecule has 2 aromatic carbocycles. The molecule has 0 aliphatic carbocycles. The molecule has 12 nitrogen and oxygen atoms in total. The molecule has 6 aliphatic heterocycles. The van der Waals surface area contributed by atoms with Crippen molar-refractivity contribution in [1.29, 1.82) is 5.26 Å². The zero-order chi connectivity index (χ0) is 34.3. The molecule has 6 aliphatic rings. The molecule has 1 unspecified atom stereocenters. The van der Waals surface area contributed by atoms with Gasteiger partial charge in [0.15, 0.2) is 10.0 Å². The van der Waals surface area contributed by atoms with Gasteiger partial charge in [0.1, 0.15) is 81.8 Å². The number of rotatable bonds is 14. The molecule has 264 valence electrons. The van der Waals surface area contributed by atoms with E-state index in [9.17, 15) is 23.1 Å². The fourth-order valence-corrected chi connectivity index (χ4v) is 12.2. The van der Waals surface area contributed by atoms with Crippen LogP contribution in [-0.4, -0.2) is 143 Å². The van der Waals surface area contributed by atoms with E-state index in [0.29, 0.717) is 17.9 Å². The van der Waals surface area contributed by atoms with Crippen LogP contribution in [0.4, 0.5) is 4.39 Å². The van der Waals surface area contributed by atoms with E-state index in [1.54, 1.807) is 30.3 Å². The minimum atomic E-state index is -4.55. The van der Waals surface area contributed by atoms with Crippen molar-refractivity contribution in [1.82, 2.24) is 9.62 Å². The molecule has 6 saturated heterocycles. The molecule has 3 aromatic rings. The van der Waals surface area contributed by atoms with Gasteiger partial charge in [0.05, 0.1) is 38.1 Å². The first-order chi connectivity index (χ1) is 23.4. The number of para-hydroxylation sites is 1. The fraction of sp³-hybridized carbons (Fsp3) is 0.545. The van der Waals surface area contributed by atoms with E-state index >= 15 is 4.39 Å². The van der Waals surface area contributed by atoms with Gasteiger partial charge in [0.2, 0.25) is 0 Å². The first kappa shape index (κ1) is 34.8. The van der Waals surface area contributed by atoms with E-state index in [-0.39, 0.29) is 27.1 Å². The highest BCUT2D eigenvalue weighted by Gasteiger charge is 2.49. The summed E-state index contributed by atoms with van der Waals surface area (Å²) in [4.78, 5) is 12.8. The van der Waals surface area contributed by atoms with Crippen molar-refractivity contribution in [2.45, 2.75) is 10.6 Å². The number of nitrogens with zero attached hydrogens (tertiary/aromatic N) is 5. The summed E-state index contributed by atoms with van der Waals surface area (Å²) in [6, 6.07) is 13.0. The quantitative estimate of drug-likeness (QED) is 0.191. The molecule has 0 saturated carbocycles. The average Bonchev–Trinajstić information content (AvgIpc) is 3.46. The fourth-order valence-electron chi connectivity index (χ4n) is 8.20. The van der Waals surface area contributed by atoms with Gasteiger partial charge in [-0.2, -0.15) is 9.98 Å². The van der Waals surface area contributed by atoms with Crippen molar-refractivity contribution in [3.05, 3.63) is 53.8 Å². The van der Waals surface area contributed by atoms with Crippen molar-refractivity contribution in [2.75, 3.05) is 111 Å². The molecule has 2 N–H and O–H groups in total. The Hall–Kier alpha value is -2.64. The van der Waals surface area contributed by atoms with Crippen molar-refractivity contribution < 1.29 is 45.0 Å². The lowest BCUT2D eigenvalue weighted by Gasteiger charge is -2.56. The third-order valence-corrected chi connectivity index (χ3v) is 15.7. The van der Waals surface area contributed by atoms with E-state index in [0.717, 1.165) is 30.7 Å². The van der Waals surface area contributed by atoms with E-state index in [1.807, 2.05) is 10.8 Å². The van der Waals surface area contributed by atoms with E-state index in [1.165, 1.54) is 99.5 Å². The second kappa shape index (κ2) is 13.5. The van der Waals surface area contributed by atoms with E-state index in [2.05, 4.69) is 4.90 Å². The lowest BCUT2D eigenvalue weighted by atomic mass is 10.1. The lowest BCUT2D eigenvalue weighted by molar-refractivity contribution is -1.08. The maximum atomic E-state index is 15.7. The van der Waals surface area contributed by atoms with Gasteiger partial charge >= 0.3 is 7.60 Å². The summed E-state index contributed by atoms with van der Waals surface area (Å²) >= 11 is 0.643. The number of ether oxygens (including phenoxy) is 1. The Labute approximate surface area is 291 Å². The van der Waals surface area contributed by atoms with Gasteiger partial charge in [0, 0.05) is 30.8 Å². The molecule has 0 spiro atoms. The molecule has 7 heterocycles. The zero-order valence-corrected chi connectivity index (χ0v) is 30.2. The highest BCUT2D eigenvalue weighted by Crippen LogP contribution is 2.43. The molecule has 16 heteroatoms. The third-order valence-electron chi connectivity index (χ3n) is 11.4. The van der Waals surface area contributed by atoms with Crippen LogP contribution in [0.15, 0.2) is 46.7 Å². The highest BCUT2D eigenvalue weighted by atomic mass is 32.2. The number of hydrogen-bond acceptors (Lipinski definition) is 8. The molecular formula is C33H45FN6O6PS2+3. The maximum absolute atomic E-state index is 15.7. The van der Waals surface area contributed by atoms with Gasteiger partial charge in [-0.15, -0.1) is 11.3 Å². The van der Waals surface area contributed by atoms with Crippen LogP contribution in [0.3, 0.4) is 0 Å². The first-order valence-electron chi connectivity index (χ1n) is 17.1. The van der Waals surface area contributed by atoms with Gasteiger partial charge in [-0.1, -0.05) is 18.2 Å². The van der Waals surface area contributed by atoms with Crippen LogP contribution in [0.25, 0.3) is 10.1 Å². The minimum absolute atomic E-state index is 0.0672.